The largest absolute Gasteiger partial charge is 0.463 e. The first-order valence-electron chi connectivity index (χ1n) is 6.90. The van der Waals surface area contributed by atoms with Gasteiger partial charge in [0.1, 0.15) is 16.5 Å². The van der Waals surface area contributed by atoms with Crippen LogP contribution in [0, 0.1) is 0 Å². The molecule has 8 nitrogen and oxygen atoms in total. The summed E-state index contributed by atoms with van der Waals surface area (Å²) in [7, 11) is 1.67. The fourth-order valence-electron chi connectivity index (χ4n) is 2.00. The first-order valence-corrected chi connectivity index (χ1v) is 7.28. The molecule has 0 fully saturated rings. The molecule has 0 bridgehead atoms. The number of carbonyl (C=O) groups excluding carboxylic acids is 1. The number of aromatic nitrogens is 3. The number of nitrogens with zero attached hydrogens (tertiary/aromatic N) is 3. The molecule has 0 spiro atoms. The molecular weight excluding hydrogens is 332 g/mol. The third-order valence-corrected chi connectivity index (χ3v) is 3.38. The lowest BCUT2D eigenvalue weighted by atomic mass is 10.2. The lowest BCUT2D eigenvalue weighted by molar-refractivity contribution is 0.102. The minimum atomic E-state index is -0.420. The molecule has 0 unspecified atom stereocenters. The first-order chi connectivity index (χ1) is 11.6. The highest BCUT2D eigenvalue weighted by Crippen LogP contribution is 2.30. The number of anilines is 3. The highest BCUT2D eigenvalue weighted by Gasteiger charge is 2.16. The van der Waals surface area contributed by atoms with Crippen molar-refractivity contribution in [2.75, 3.05) is 23.4 Å². The molecule has 0 aliphatic heterocycles. The Kier molecular flexibility index (Phi) is 4.30. The van der Waals surface area contributed by atoms with Crippen LogP contribution in [0.4, 0.5) is 17.5 Å². The van der Waals surface area contributed by atoms with Gasteiger partial charge >= 0.3 is 0 Å². The van der Waals surface area contributed by atoms with Crippen LogP contribution in [0.2, 0.25) is 5.15 Å². The summed E-state index contributed by atoms with van der Waals surface area (Å²) in [5.41, 5.74) is 7.05. The number of carbonyl (C=O) groups is 1. The van der Waals surface area contributed by atoms with Crippen molar-refractivity contribution < 1.29 is 9.21 Å². The van der Waals surface area contributed by atoms with Crippen molar-refractivity contribution in [3.63, 3.8) is 0 Å². The normalized spacial score (nSPS) is 10.4. The number of furan rings is 1. The van der Waals surface area contributed by atoms with E-state index in [1.165, 1.54) is 18.5 Å². The molecule has 0 aliphatic carbocycles. The van der Waals surface area contributed by atoms with Crippen LogP contribution in [0.25, 0.3) is 11.5 Å². The molecular formula is C15H13ClN6O2. The average molecular weight is 345 g/mol. The highest BCUT2D eigenvalue weighted by atomic mass is 35.5. The van der Waals surface area contributed by atoms with Crippen LogP contribution in [0.5, 0.6) is 0 Å². The van der Waals surface area contributed by atoms with Crippen molar-refractivity contribution in [1.29, 1.82) is 0 Å². The number of nitrogens with two attached hydrogens (primary N) is 1. The second-order valence-electron chi connectivity index (χ2n) is 4.71. The van der Waals surface area contributed by atoms with E-state index in [2.05, 4.69) is 25.6 Å². The highest BCUT2D eigenvalue weighted by molar-refractivity contribution is 6.29. The van der Waals surface area contributed by atoms with Crippen LogP contribution in [-0.4, -0.2) is 27.9 Å². The van der Waals surface area contributed by atoms with Gasteiger partial charge in [0.15, 0.2) is 11.6 Å². The van der Waals surface area contributed by atoms with Crippen LogP contribution < -0.4 is 16.4 Å². The molecule has 3 aromatic rings. The van der Waals surface area contributed by atoms with E-state index in [0.717, 1.165) is 0 Å². The fraction of sp³-hybridized carbons (Fsp3) is 0.0667. The summed E-state index contributed by atoms with van der Waals surface area (Å²) in [4.78, 5) is 24.6. The number of hydrogen-bond acceptors (Lipinski definition) is 7. The molecule has 1 amide bonds. The van der Waals surface area contributed by atoms with Gasteiger partial charge in [0.25, 0.3) is 5.91 Å². The van der Waals surface area contributed by atoms with E-state index in [1.807, 2.05) is 0 Å². The molecule has 4 N–H and O–H groups in total. The first kappa shape index (κ1) is 15.8. The zero-order valence-electron chi connectivity index (χ0n) is 12.6. The van der Waals surface area contributed by atoms with Crippen molar-refractivity contribution in [3.05, 3.63) is 47.4 Å². The molecule has 0 saturated carbocycles. The van der Waals surface area contributed by atoms with Gasteiger partial charge in [-0.2, -0.15) is 4.98 Å². The molecule has 0 atom stereocenters. The van der Waals surface area contributed by atoms with Gasteiger partial charge in [-0.15, -0.1) is 0 Å². The summed E-state index contributed by atoms with van der Waals surface area (Å²) < 4.78 is 5.32. The van der Waals surface area contributed by atoms with Gasteiger partial charge in [0.2, 0.25) is 5.95 Å². The summed E-state index contributed by atoms with van der Waals surface area (Å²) in [5, 5.41) is 5.76. The molecule has 3 heterocycles. The van der Waals surface area contributed by atoms with Gasteiger partial charge in [-0.25, -0.2) is 9.97 Å². The summed E-state index contributed by atoms with van der Waals surface area (Å²) in [6, 6.07) is 6.50. The summed E-state index contributed by atoms with van der Waals surface area (Å²) in [6.45, 7) is 0. The lowest BCUT2D eigenvalue weighted by Gasteiger charge is -2.11. The molecule has 122 valence electrons. The fourth-order valence-corrected chi connectivity index (χ4v) is 2.11. The lowest BCUT2D eigenvalue weighted by Crippen LogP contribution is -2.16. The smallest absolute Gasteiger partial charge is 0.259 e. The van der Waals surface area contributed by atoms with E-state index in [-0.39, 0.29) is 5.95 Å². The maximum absolute atomic E-state index is 12.3. The van der Waals surface area contributed by atoms with Gasteiger partial charge in [-0.1, -0.05) is 11.6 Å². The standard InChI is InChI=1S/C15H13ClN6O2/c1-18-13-11(17)12(9-3-2-6-24-9)20-15(21-13)22-14(23)8-4-5-10(16)19-7-8/h2-7H,17H2,1H3,(H2,18,20,21,22,23). The van der Waals surface area contributed by atoms with Gasteiger partial charge in [0, 0.05) is 13.2 Å². The van der Waals surface area contributed by atoms with Crippen LogP contribution >= 0.6 is 11.6 Å². The van der Waals surface area contributed by atoms with Crippen molar-refractivity contribution in [3.8, 4) is 11.5 Å². The van der Waals surface area contributed by atoms with Gasteiger partial charge < -0.3 is 15.5 Å². The van der Waals surface area contributed by atoms with E-state index in [0.29, 0.717) is 33.7 Å². The predicted octanol–water partition coefficient (Wildman–Crippen LogP) is 2.66. The van der Waals surface area contributed by atoms with Crippen LogP contribution in [-0.2, 0) is 0 Å². The molecule has 0 saturated heterocycles. The topological polar surface area (TPSA) is 119 Å². The number of hydrogen-bond donors (Lipinski definition) is 3. The summed E-state index contributed by atoms with van der Waals surface area (Å²) in [6.07, 6.45) is 2.87. The molecule has 0 aromatic carbocycles. The monoisotopic (exact) mass is 344 g/mol. The Morgan fingerprint density at radius 1 is 1.29 bits per heavy atom. The molecule has 9 heteroatoms. The number of pyridine rings is 1. The molecule has 3 rings (SSSR count). The number of halogens is 1. The van der Waals surface area contributed by atoms with E-state index >= 15 is 0 Å². The average Bonchev–Trinajstić information content (AvgIpc) is 3.11. The Bertz CT molecular complexity index is 864. The summed E-state index contributed by atoms with van der Waals surface area (Å²) in [5.74, 6) is 0.507. The predicted molar refractivity (Wildman–Crippen MR) is 90.9 cm³/mol. The van der Waals surface area contributed by atoms with Crippen LogP contribution in [0.1, 0.15) is 10.4 Å². The van der Waals surface area contributed by atoms with Crippen LogP contribution in [0.15, 0.2) is 41.1 Å². The van der Waals surface area contributed by atoms with Crippen molar-refractivity contribution in [2.24, 2.45) is 0 Å². The molecule has 0 aliphatic rings. The quantitative estimate of drug-likeness (QED) is 0.622. The SMILES string of the molecule is CNc1nc(NC(=O)c2ccc(Cl)nc2)nc(-c2ccco2)c1N. The maximum Gasteiger partial charge on any atom is 0.259 e. The van der Waals surface area contributed by atoms with E-state index in [1.54, 1.807) is 25.2 Å². The third-order valence-electron chi connectivity index (χ3n) is 3.15. The summed E-state index contributed by atoms with van der Waals surface area (Å²) >= 11 is 5.71. The van der Waals surface area contributed by atoms with Crippen molar-refractivity contribution in [1.82, 2.24) is 15.0 Å². The van der Waals surface area contributed by atoms with Crippen LogP contribution in [0.3, 0.4) is 0 Å². The number of nitrogen functional groups attached to an aromatic ring is 1. The number of nitrogens with one attached hydrogen (secondary N) is 2. The zero-order valence-corrected chi connectivity index (χ0v) is 13.3. The number of rotatable bonds is 4. The maximum atomic E-state index is 12.3. The Balaban J connectivity index is 1.94. The Labute approximate surface area is 142 Å². The Morgan fingerprint density at radius 2 is 2.12 bits per heavy atom. The zero-order chi connectivity index (χ0) is 17.1. The Hall–Kier alpha value is -3.13. The van der Waals surface area contributed by atoms with Crippen molar-refractivity contribution in [2.45, 2.75) is 0 Å². The van der Waals surface area contributed by atoms with E-state index < -0.39 is 5.91 Å². The molecule has 0 radical (unpaired) electrons. The van der Waals surface area contributed by atoms with E-state index in [4.69, 9.17) is 21.8 Å². The second kappa shape index (κ2) is 6.55. The number of amides is 1. The molecule has 3 aromatic heterocycles. The van der Waals surface area contributed by atoms with Gasteiger partial charge in [-0.3, -0.25) is 10.1 Å². The Morgan fingerprint density at radius 3 is 2.75 bits per heavy atom. The molecule has 24 heavy (non-hydrogen) atoms. The van der Waals surface area contributed by atoms with Gasteiger partial charge in [-0.05, 0) is 24.3 Å². The van der Waals surface area contributed by atoms with E-state index in [9.17, 15) is 4.79 Å². The second-order valence-corrected chi connectivity index (χ2v) is 5.10. The minimum Gasteiger partial charge on any atom is -0.463 e. The third kappa shape index (κ3) is 3.13. The minimum absolute atomic E-state index is 0.0832. The van der Waals surface area contributed by atoms with Crippen molar-refractivity contribution >= 4 is 35.0 Å². The van der Waals surface area contributed by atoms with Gasteiger partial charge in [0.05, 0.1) is 11.8 Å².